The highest BCUT2D eigenvalue weighted by molar-refractivity contribution is 6.88. The van der Waals surface area contributed by atoms with Crippen molar-refractivity contribution in [2.45, 2.75) is 58.5 Å². The molecule has 1 fully saturated rings. The number of methoxy groups -OCH3 is 1. The molecule has 1 N–H and O–H groups in total. The fourth-order valence-corrected chi connectivity index (χ4v) is 5.92. The summed E-state index contributed by atoms with van der Waals surface area (Å²) in [6.45, 7) is 13.7. The summed E-state index contributed by atoms with van der Waals surface area (Å²) in [5.74, 6) is -0.441. The quantitative estimate of drug-likeness (QED) is 0.520. The van der Waals surface area contributed by atoms with Crippen molar-refractivity contribution in [1.29, 1.82) is 0 Å². The van der Waals surface area contributed by atoms with Crippen LogP contribution in [0.4, 0.5) is 4.79 Å². The van der Waals surface area contributed by atoms with Crippen LogP contribution >= 0.6 is 11.6 Å². The third-order valence-electron chi connectivity index (χ3n) is 5.43. The highest BCUT2D eigenvalue weighted by atomic mass is 35.5. The molecule has 1 aromatic carbocycles. The highest BCUT2D eigenvalue weighted by Gasteiger charge is 2.34. The molecule has 176 valence electrons. The standard InChI is InChI=1S/C23H33ClN2O5Si/c1-23(2,3)31-22(28)26-8-9-30-13-15(26)12-17-16-10-14(24)11-18(21(27)29-4)19(16)25-20(17)32(5,6)7/h10-11,15,25H,8-9,12-13H2,1-7H3/t15-/m0/s1. The average Bonchev–Trinajstić information content (AvgIpc) is 3.04. The average molecular weight is 481 g/mol. The van der Waals surface area contributed by atoms with Crippen molar-refractivity contribution in [1.82, 2.24) is 9.88 Å². The van der Waals surface area contributed by atoms with E-state index in [4.69, 9.17) is 25.8 Å². The number of carbonyl (C=O) groups is 2. The number of aromatic nitrogens is 1. The molecule has 32 heavy (non-hydrogen) atoms. The Morgan fingerprint density at radius 1 is 1.28 bits per heavy atom. The molecule has 0 aliphatic carbocycles. The topological polar surface area (TPSA) is 80.9 Å². The number of nitrogens with one attached hydrogen (secondary N) is 1. The maximum atomic E-state index is 12.9. The molecule has 1 amide bonds. The Bertz CT molecular complexity index is 1020. The van der Waals surface area contributed by atoms with Gasteiger partial charge >= 0.3 is 12.1 Å². The number of esters is 1. The minimum Gasteiger partial charge on any atom is -0.465 e. The Hall–Kier alpha value is -2.03. The van der Waals surface area contributed by atoms with Gasteiger partial charge in [-0.1, -0.05) is 31.2 Å². The second-order valence-electron chi connectivity index (χ2n) is 10.2. The molecule has 2 heterocycles. The maximum Gasteiger partial charge on any atom is 0.410 e. The lowest BCUT2D eigenvalue weighted by atomic mass is 10.0. The highest BCUT2D eigenvalue weighted by Crippen LogP contribution is 2.30. The third kappa shape index (κ3) is 5.30. The maximum absolute atomic E-state index is 12.9. The zero-order valence-corrected chi connectivity index (χ0v) is 21.7. The number of aromatic amines is 1. The molecule has 1 atom stereocenters. The number of amides is 1. The molecule has 1 aliphatic rings. The van der Waals surface area contributed by atoms with Crippen LogP contribution in [0.2, 0.25) is 24.7 Å². The van der Waals surface area contributed by atoms with Crippen molar-refractivity contribution in [2.75, 3.05) is 26.9 Å². The summed E-state index contributed by atoms with van der Waals surface area (Å²) < 4.78 is 16.4. The minimum absolute atomic E-state index is 0.187. The summed E-state index contributed by atoms with van der Waals surface area (Å²) >= 11 is 6.40. The molecule has 1 saturated heterocycles. The number of halogens is 1. The molecule has 0 bridgehead atoms. The van der Waals surface area contributed by atoms with Gasteiger partial charge in [0.25, 0.3) is 0 Å². The Morgan fingerprint density at radius 3 is 2.56 bits per heavy atom. The van der Waals surface area contributed by atoms with Gasteiger partial charge < -0.3 is 24.1 Å². The van der Waals surface area contributed by atoms with Crippen LogP contribution in [0, 0.1) is 0 Å². The van der Waals surface area contributed by atoms with E-state index in [9.17, 15) is 9.59 Å². The van der Waals surface area contributed by atoms with E-state index >= 15 is 0 Å². The fraction of sp³-hybridized carbons (Fsp3) is 0.565. The number of fused-ring (bicyclic) bond motifs is 1. The monoisotopic (exact) mass is 480 g/mol. The van der Waals surface area contributed by atoms with E-state index < -0.39 is 19.6 Å². The molecular weight excluding hydrogens is 448 g/mol. The smallest absolute Gasteiger partial charge is 0.410 e. The first-order chi connectivity index (χ1) is 14.8. The Morgan fingerprint density at radius 2 is 1.97 bits per heavy atom. The lowest BCUT2D eigenvalue weighted by Gasteiger charge is -2.37. The molecule has 1 aromatic heterocycles. The zero-order valence-electron chi connectivity index (χ0n) is 19.9. The molecule has 0 unspecified atom stereocenters. The summed E-state index contributed by atoms with van der Waals surface area (Å²) in [5.41, 5.74) is 1.61. The summed E-state index contributed by atoms with van der Waals surface area (Å²) in [6, 6.07) is 3.31. The van der Waals surface area contributed by atoms with Crippen LogP contribution < -0.4 is 5.32 Å². The lowest BCUT2D eigenvalue weighted by molar-refractivity contribution is -0.0318. The number of H-pyrrole nitrogens is 1. The Balaban J connectivity index is 2.09. The second kappa shape index (κ2) is 9.07. The van der Waals surface area contributed by atoms with Crippen LogP contribution in [-0.4, -0.2) is 68.5 Å². The van der Waals surface area contributed by atoms with E-state index in [0.717, 1.165) is 16.3 Å². The number of morpholine rings is 1. The number of nitrogens with zero attached hydrogens (tertiary/aromatic N) is 1. The summed E-state index contributed by atoms with van der Waals surface area (Å²) in [4.78, 5) is 30.6. The normalized spacial score (nSPS) is 17.5. The summed E-state index contributed by atoms with van der Waals surface area (Å²) in [7, 11) is -0.487. The van der Waals surface area contributed by atoms with E-state index in [1.165, 1.54) is 7.11 Å². The van der Waals surface area contributed by atoms with Crippen molar-refractivity contribution in [3.63, 3.8) is 0 Å². The van der Waals surface area contributed by atoms with Crippen molar-refractivity contribution in [2.24, 2.45) is 0 Å². The van der Waals surface area contributed by atoms with Crippen molar-refractivity contribution in [3.05, 3.63) is 28.3 Å². The van der Waals surface area contributed by atoms with Crippen LogP contribution in [0.5, 0.6) is 0 Å². The van der Waals surface area contributed by atoms with Gasteiger partial charge in [-0.05, 0) is 44.9 Å². The summed E-state index contributed by atoms with van der Waals surface area (Å²) in [5, 5.41) is 2.46. The molecule has 7 nitrogen and oxygen atoms in total. The van der Waals surface area contributed by atoms with Crippen molar-refractivity contribution < 1.29 is 23.8 Å². The predicted molar refractivity (Wildman–Crippen MR) is 129 cm³/mol. The largest absolute Gasteiger partial charge is 0.465 e. The van der Waals surface area contributed by atoms with Gasteiger partial charge in [0.15, 0.2) is 0 Å². The van der Waals surface area contributed by atoms with E-state index in [1.54, 1.807) is 11.0 Å². The first-order valence-corrected chi connectivity index (χ1v) is 14.7. The number of ether oxygens (including phenoxy) is 3. The van der Waals surface area contributed by atoms with Crippen LogP contribution in [-0.2, 0) is 20.6 Å². The SMILES string of the molecule is COC(=O)c1cc(Cl)cc2c(C[C@H]3COCCN3C(=O)OC(C)(C)C)c([Si](C)(C)C)[nH]c12. The molecule has 2 aromatic rings. The van der Waals surface area contributed by atoms with E-state index in [0.29, 0.717) is 42.3 Å². The third-order valence-corrected chi connectivity index (χ3v) is 7.58. The van der Waals surface area contributed by atoms with E-state index in [-0.39, 0.29) is 12.1 Å². The van der Waals surface area contributed by atoms with Gasteiger partial charge in [0.2, 0.25) is 0 Å². The van der Waals surface area contributed by atoms with Gasteiger partial charge in [0, 0.05) is 22.3 Å². The molecule has 3 rings (SSSR count). The number of hydrogen-bond acceptors (Lipinski definition) is 5. The number of carbonyl (C=O) groups excluding carboxylic acids is 2. The molecule has 0 saturated carbocycles. The van der Waals surface area contributed by atoms with Gasteiger partial charge in [-0.25, -0.2) is 9.59 Å². The number of hydrogen-bond donors (Lipinski definition) is 1. The number of benzene rings is 1. The van der Waals surface area contributed by atoms with Crippen LogP contribution in [0.25, 0.3) is 10.9 Å². The van der Waals surface area contributed by atoms with Crippen molar-refractivity contribution in [3.8, 4) is 0 Å². The predicted octanol–water partition coefficient (Wildman–Crippen LogP) is 4.33. The van der Waals surface area contributed by atoms with Crippen LogP contribution in [0.15, 0.2) is 12.1 Å². The van der Waals surface area contributed by atoms with Gasteiger partial charge in [-0.3, -0.25) is 0 Å². The second-order valence-corrected chi connectivity index (χ2v) is 15.6. The van der Waals surface area contributed by atoms with Gasteiger partial charge in [-0.2, -0.15) is 0 Å². The van der Waals surface area contributed by atoms with Crippen LogP contribution in [0.1, 0.15) is 36.7 Å². The first kappa shape index (κ1) is 24.6. The Labute approximate surface area is 195 Å². The van der Waals surface area contributed by atoms with E-state index in [1.807, 2.05) is 26.8 Å². The molecule has 0 radical (unpaired) electrons. The van der Waals surface area contributed by atoms with Gasteiger partial charge in [0.1, 0.15) is 5.60 Å². The molecular formula is C23H33ClN2O5Si. The molecule has 0 spiro atoms. The number of rotatable bonds is 4. The zero-order chi connectivity index (χ0) is 23.8. The first-order valence-electron chi connectivity index (χ1n) is 10.8. The summed E-state index contributed by atoms with van der Waals surface area (Å²) in [6.07, 6.45) is 0.230. The van der Waals surface area contributed by atoms with Gasteiger partial charge in [0.05, 0.1) is 45.5 Å². The van der Waals surface area contributed by atoms with Crippen molar-refractivity contribution >= 4 is 48.0 Å². The van der Waals surface area contributed by atoms with E-state index in [2.05, 4.69) is 24.6 Å². The Kier molecular flexibility index (Phi) is 6.98. The molecule has 9 heteroatoms. The van der Waals surface area contributed by atoms with Crippen LogP contribution in [0.3, 0.4) is 0 Å². The minimum atomic E-state index is -1.84. The molecule has 1 aliphatic heterocycles. The van der Waals surface area contributed by atoms with Gasteiger partial charge in [-0.15, -0.1) is 0 Å². The lowest BCUT2D eigenvalue weighted by Crippen LogP contribution is -2.52. The fourth-order valence-electron chi connectivity index (χ4n) is 4.06.